The first-order valence-corrected chi connectivity index (χ1v) is 13.5. The fourth-order valence-corrected chi connectivity index (χ4v) is 5.21. The number of rotatable bonds is 18. The Morgan fingerprint density at radius 1 is 1.16 bits per heavy atom. The molecule has 1 rings (SSSR count). The molecule has 32 heavy (non-hydrogen) atoms. The third-order valence-electron chi connectivity index (χ3n) is 6.11. The number of carboxylic acids is 1. The molecule has 0 radical (unpaired) electrons. The van der Waals surface area contributed by atoms with Crippen molar-refractivity contribution < 1.29 is 24.9 Å². The number of thioether (sulfide) groups is 1. The zero-order valence-electron chi connectivity index (χ0n) is 20.6. The second-order valence-electron chi connectivity index (χ2n) is 9.31. The van der Waals surface area contributed by atoms with E-state index in [0.717, 1.165) is 54.9 Å². The average Bonchev–Trinajstić information content (AvgIpc) is 3.04. The number of hydrogen-bond donors (Lipinski definition) is 3. The van der Waals surface area contributed by atoms with Crippen LogP contribution in [0.15, 0.2) is 22.8 Å². The quantitative estimate of drug-likeness (QED) is 0.164. The van der Waals surface area contributed by atoms with Gasteiger partial charge in [0, 0.05) is 17.2 Å². The van der Waals surface area contributed by atoms with Crippen LogP contribution >= 0.6 is 11.8 Å². The Morgan fingerprint density at radius 2 is 1.88 bits per heavy atom. The molecule has 5 nitrogen and oxygen atoms in total. The Balaban J connectivity index is 2.70. The molecule has 6 heteroatoms. The lowest BCUT2D eigenvalue weighted by Crippen LogP contribution is -2.15. The Labute approximate surface area is 199 Å². The van der Waals surface area contributed by atoms with Crippen LogP contribution in [0.4, 0.5) is 0 Å². The average molecular weight is 471 g/mol. The van der Waals surface area contributed by atoms with E-state index in [1.54, 1.807) is 18.7 Å². The molecule has 0 spiro atoms. The van der Waals surface area contributed by atoms with E-state index >= 15 is 0 Å². The zero-order chi connectivity index (χ0) is 23.9. The van der Waals surface area contributed by atoms with Gasteiger partial charge in [-0.05, 0) is 37.4 Å². The number of aliphatic hydroxyl groups is 2. The zero-order valence-corrected chi connectivity index (χ0v) is 21.4. The van der Waals surface area contributed by atoms with Crippen LogP contribution in [0.5, 0.6) is 0 Å². The van der Waals surface area contributed by atoms with Crippen molar-refractivity contribution in [3.63, 3.8) is 0 Å². The van der Waals surface area contributed by atoms with Gasteiger partial charge in [0.25, 0.3) is 0 Å². The molecule has 186 valence electrons. The van der Waals surface area contributed by atoms with E-state index in [4.69, 9.17) is 9.84 Å². The van der Waals surface area contributed by atoms with E-state index in [0.29, 0.717) is 25.4 Å². The van der Waals surface area contributed by atoms with Crippen LogP contribution < -0.4 is 0 Å². The number of aliphatic carboxylic acids is 1. The minimum atomic E-state index is -0.737. The van der Waals surface area contributed by atoms with E-state index in [2.05, 4.69) is 20.8 Å². The van der Waals surface area contributed by atoms with Gasteiger partial charge in [0.15, 0.2) is 0 Å². The minimum Gasteiger partial charge on any atom is -0.497 e. The predicted octanol–water partition coefficient (Wildman–Crippen LogP) is 6.15. The minimum absolute atomic E-state index is 0.143. The Bertz CT molecular complexity index is 589. The number of unbranched alkanes of at least 4 members (excludes halogenated alkanes) is 3. The summed E-state index contributed by atoms with van der Waals surface area (Å²) in [5, 5.41) is 30.2. The standard InChI is InChI=1S/C26H46O5S/c1-5-7-11-19(3)17-21(27)13-14-22-23(28)18-24(31-15-8-6-2)25(22)32-16-10-9-12-20(4)26(29)30/h13-14,19-23,27-28H,5-12,15-18H2,1-4H3,(H,29,30)/t19-,20?,21+,22-,23+/m0/s1. The fourth-order valence-electron chi connectivity index (χ4n) is 3.91. The summed E-state index contributed by atoms with van der Waals surface area (Å²) >= 11 is 1.71. The van der Waals surface area contributed by atoms with Crippen molar-refractivity contribution in [2.24, 2.45) is 17.8 Å². The number of aliphatic hydroxyl groups excluding tert-OH is 2. The summed E-state index contributed by atoms with van der Waals surface area (Å²) in [6, 6.07) is 0. The number of carbonyl (C=O) groups is 1. The van der Waals surface area contributed by atoms with Crippen molar-refractivity contribution >= 4 is 17.7 Å². The summed E-state index contributed by atoms with van der Waals surface area (Å²) in [5.74, 6) is 1.05. The third-order valence-corrected chi connectivity index (χ3v) is 7.41. The lowest BCUT2D eigenvalue weighted by atomic mass is 9.96. The molecule has 0 fully saturated rings. The van der Waals surface area contributed by atoms with Gasteiger partial charge in [0.2, 0.25) is 0 Å². The van der Waals surface area contributed by atoms with Crippen molar-refractivity contribution in [2.75, 3.05) is 12.4 Å². The van der Waals surface area contributed by atoms with Crippen molar-refractivity contribution in [3.05, 3.63) is 22.8 Å². The monoisotopic (exact) mass is 470 g/mol. The molecular weight excluding hydrogens is 424 g/mol. The molecule has 1 aliphatic carbocycles. The summed E-state index contributed by atoms with van der Waals surface area (Å²) in [5.41, 5.74) is 0. The topological polar surface area (TPSA) is 87.0 Å². The van der Waals surface area contributed by atoms with Gasteiger partial charge < -0.3 is 20.1 Å². The Morgan fingerprint density at radius 3 is 2.53 bits per heavy atom. The second kappa shape index (κ2) is 16.6. The highest BCUT2D eigenvalue weighted by atomic mass is 32.2. The molecule has 0 aromatic heterocycles. The van der Waals surface area contributed by atoms with Gasteiger partial charge >= 0.3 is 5.97 Å². The molecule has 5 atom stereocenters. The summed E-state index contributed by atoms with van der Waals surface area (Å²) < 4.78 is 6.02. The van der Waals surface area contributed by atoms with E-state index in [1.165, 1.54) is 12.8 Å². The van der Waals surface area contributed by atoms with Crippen LogP contribution in [0, 0.1) is 17.8 Å². The summed E-state index contributed by atoms with van der Waals surface area (Å²) in [6.45, 7) is 8.91. The largest absolute Gasteiger partial charge is 0.497 e. The summed E-state index contributed by atoms with van der Waals surface area (Å²) in [7, 11) is 0. The fraction of sp³-hybridized carbons (Fsp3) is 0.808. The van der Waals surface area contributed by atoms with Gasteiger partial charge in [-0.25, -0.2) is 0 Å². The highest BCUT2D eigenvalue weighted by molar-refractivity contribution is 8.03. The van der Waals surface area contributed by atoms with Crippen LogP contribution in [-0.2, 0) is 9.53 Å². The SMILES string of the molecule is CCCCOC1=C(SCCCCC(C)C(=O)O)[C@@H](C=C[C@@H](O)C[C@@H](C)CCCC)[C@H](O)C1. The van der Waals surface area contributed by atoms with E-state index in [-0.39, 0.29) is 11.8 Å². The Kier molecular flexibility index (Phi) is 15.1. The van der Waals surface area contributed by atoms with Crippen LogP contribution in [0.25, 0.3) is 0 Å². The summed E-state index contributed by atoms with van der Waals surface area (Å²) in [4.78, 5) is 12.1. The van der Waals surface area contributed by atoms with E-state index in [9.17, 15) is 15.0 Å². The van der Waals surface area contributed by atoms with E-state index in [1.807, 2.05) is 12.2 Å². The first-order chi connectivity index (χ1) is 15.3. The maximum absolute atomic E-state index is 11.0. The molecule has 0 aliphatic heterocycles. The number of hydrogen-bond acceptors (Lipinski definition) is 5. The van der Waals surface area contributed by atoms with Crippen molar-refractivity contribution in [1.29, 1.82) is 0 Å². The molecule has 0 saturated heterocycles. The Hall–Kier alpha value is -0.980. The molecule has 3 N–H and O–H groups in total. The number of ether oxygens (including phenoxy) is 1. The van der Waals surface area contributed by atoms with Crippen LogP contribution in [0.1, 0.15) is 91.9 Å². The summed E-state index contributed by atoms with van der Waals surface area (Å²) in [6.07, 6.45) is 12.1. The maximum atomic E-state index is 11.0. The van der Waals surface area contributed by atoms with Gasteiger partial charge in [-0.3, -0.25) is 4.79 Å². The third kappa shape index (κ3) is 11.2. The molecule has 0 aromatic carbocycles. The second-order valence-corrected chi connectivity index (χ2v) is 10.4. The first-order valence-electron chi connectivity index (χ1n) is 12.6. The van der Waals surface area contributed by atoms with Crippen molar-refractivity contribution in [2.45, 2.75) is 104 Å². The van der Waals surface area contributed by atoms with Crippen LogP contribution in [-0.4, -0.2) is 45.9 Å². The lowest BCUT2D eigenvalue weighted by molar-refractivity contribution is -0.141. The smallest absolute Gasteiger partial charge is 0.306 e. The molecule has 0 aromatic rings. The van der Waals surface area contributed by atoms with Crippen molar-refractivity contribution in [1.82, 2.24) is 0 Å². The van der Waals surface area contributed by atoms with Crippen molar-refractivity contribution in [3.8, 4) is 0 Å². The van der Waals surface area contributed by atoms with Gasteiger partial charge in [-0.2, -0.15) is 0 Å². The first kappa shape index (κ1) is 29.1. The van der Waals surface area contributed by atoms with Gasteiger partial charge in [-0.1, -0.05) is 72.0 Å². The predicted molar refractivity (Wildman–Crippen MR) is 134 cm³/mol. The normalized spacial score (nSPS) is 21.8. The maximum Gasteiger partial charge on any atom is 0.306 e. The van der Waals surface area contributed by atoms with Crippen LogP contribution in [0.3, 0.4) is 0 Å². The molecule has 0 bridgehead atoms. The van der Waals surface area contributed by atoms with Gasteiger partial charge in [-0.15, -0.1) is 11.8 Å². The highest BCUT2D eigenvalue weighted by Crippen LogP contribution is 2.41. The van der Waals surface area contributed by atoms with Crippen LogP contribution in [0.2, 0.25) is 0 Å². The van der Waals surface area contributed by atoms with Gasteiger partial charge in [0.1, 0.15) is 5.76 Å². The molecule has 1 aliphatic rings. The molecule has 0 saturated carbocycles. The number of carboxylic acid groups (broad SMARTS) is 1. The molecule has 0 heterocycles. The molecule has 1 unspecified atom stereocenters. The lowest BCUT2D eigenvalue weighted by Gasteiger charge is -2.17. The highest BCUT2D eigenvalue weighted by Gasteiger charge is 2.33. The molecule has 0 amide bonds. The van der Waals surface area contributed by atoms with E-state index < -0.39 is 18.2 Å². The van der Waals surface area contributed by atoms with Gasteiger partial charge in [0.05, 0.1) is 24.7 Å². The molecular formula is C26H46O5S.